The summed E-state index contributed by atoms with van der Waals surface area (Å²) in [6.07, 6.45) is 1.66. The van der Waals surface area contributed by atoms with Crippen molar-refractivity contribution in [1.82, 2.24) is 0 Å². The van der Waals surface area contributed by atoms with Gasteiger partial charge in [0.2, 0.25) is 5.78 Å². The van der Waals surface area contributed by atoms with Crippen LogP contribution in [0.3, 0.4) is 0 Å². The van der Waals surface area contributed by atoms with Crippen molar-refractivity contribution in [3.05, 3.63) is 94.2 Å². The van der Waals surface area contributed by atoms with Gasteiger partial charge in [-0.2, -0.15) is 0 Å². The SMILES string of the molecule is COc1ccccc1/C=C1\Oc2c(ccc(OC(=O)c3ccc(C(C)(C)C)cc3)c2C)C1=O. The molecule has 33 heavy (non-hydrogen) atoms. The monoisotopic (exact) mass is 442 g/mol. The fraction of sp³-hybridized carbons (Fsp3) is 0.214. The lowest BCUT2D eigenvalue weighted by Gasteiger charge is -2.19. The van der Waals surface area contributed by atoms with E-state index in [0.717, 1.165) is 11.1 Å². The van der Waals surface area contributed by atoms with Crippen molar-refractivity contribution in [2.75, 3.05) is 7.11 Å². The number of hydrogen-bond donors (Lipinski definition) is 0. The van der Waals surface area contributed by atoms with E-state index in [9.17, 15) is 9.59 Å². The van der Waals surface area contributed by atoms with Crippen molar-refractivity contribution in [1.29, 1.82) is 0 Å². The molecule has 5 heteroatoms. The Labute approximate surface area is 193 Å². The van der Waals surface area contributed by atoms with Crippen molar-refractivity contribution in [2.45, 2.75) is 33.1 Å². The highest BCUT2D eigenvalue weighted by Crippen LogP contribution is 2.40. The highest BCUT2D eigenvalue weighted by atomic mass is 16.5. The lowest BCUT2D eigenvalue weighted by Crippen LogP contribution is -2.13. The van der Waals surface area contributed by atoms with Crippen LogP contribution in [0.5, 0.6) is 17.2 Å². The van der Waals surface area contributed by atoms with Crippen LogP contribution >= 0.6 is 0 Å². The normalized spacial score (nSPS) is 14.1. The molecule has 0 spiro atoms. The summed E-state index contributed by atoms with van der Waals surface area (Å²) in [7, 11) is 1.57. The summed E-state index contributed by atoms with van der Waals surface area (Å²) < 4.78 is 16.9. The molecule has 0 aromatic heterocycles. The topological polar surface area (TPSA) is 61.8 Å². The molecular formula is C28H26O5. The van der Waals surface area contributed by atoms with E-state index in [-0.39, 0.29) is 17.0 Å². The number of methoxy groups -OCH3 is 1. The first-order chi connectivity index (χ1) is 15.7. The molecule has 0 N–H and O–H groups in total. The molecule has 0 radical (unpaired) electrons. The molecule has 1 heterocycles. The summed E-state index contributed by atoms with van der Waals surface area (Å²) >= 11 is 0. The number of carbonyl (C=O) groups is 2. The van der Waals surface area contributed by atoms with Crippen molar-refractivity contribution in [3.8, 4) is 17.2 Å². The van der Waals surface area contributed by atoms with Crippen LogP contribution < -0.4 is 14.2 Å². The first-order valence-electron chi connectivity index (χ1n) is 10.7. The lowest BCUT2D eigenvalue weighted by molar-refractivity contribution is 0.0733. The average Bonchev–Trinajstić information content (AvgIpc) is 3.11. The number of fused-ring (bicyclic) bond motifs is 1. The third kappa shape index (κ3) is 4.40. The van der Waals surface area contributed by atoms with E-state index in [1.54, 1.807) is 44.4 Å². The minimum Gasteiger partial charge on any atom is -0.496 e. The number of Topliss-reactive ketones (excluding diaryl/α,β-unsaturated/α-hetero) is 1. The summed E-state index contributed by atoms with van der Waals surface area (Å²) in [6, 6.07) is 18.0. The zero-order valence-electron chi connectivity index (χ0n) is 19.4. The summed E-state index contributed by atoms with van der Waals surface area (Å²) in [5.74, 6) is 0.891. The van der Waals surface area contributed by atoms with Crippen LogP contribution in [-0.4, -0.2) is 18.9 Å². The zero-order chi connectivity index (χ0) is 23.8. The standard InChI is InChI=1S/C28H26O5/c1-17-22(33-27(30)18-10-12-20(13-11-18)28(2,3)4)15-14-21-25(29)24(32-26(17)21)16-19-8-6-7-9-23(19)31-5/h6-16H,1-5H3/b24-16-. The molecular weight excluding hydrogens is 416 g/mol. The van der Waals surface area contributed by atoms with Crippen LogP contribution in [0.4, 0.5) is 0 Å². The molecule has 0 atom stereocenters. The number of ether oxygens (including phenoxy) is 3. The van der Waals surface area contributed by atoms with E-state index in [1.165, 1.54) is 0 Å². The van der Waals surface area contributed by atoms with Gasteiger partial charge >= 0.3 is 5.97 Å². The van der Waals surface area contributed by atoms with Crippen molar-refractivity contribution in [3.63, 3.8) is 0 Å². The number of ketones is 1. The Morgan fingerprint density at radius 2 is 1.64 bits per heavy atom. The number of benzene rings is 3. The molecule has 0 unspecified atom stereocenters. The molecule has 3 aromatic carbocycles. The van der Waals surface area contributed by atoms with Gasteiger partial charge < -0.3 is 14.2 Å². The van der Waals surface area contributed by atoms with Gasteiger partial charge in [-0.15, -0.1) is 0 Å². The summed E-state index contributed by atoms with van der Waals surface area (Å²) in [6.45, 7) is 8.12. The molecule has 168 valence electrons. The van der Waals surface area contributed by atoms with Crippen LogP contribution in [0, 0.1) is 6.92 Å². The van der Waals surface area contributed by atoms with Gasteiger partial charge in [0.1, 0.15) is 17.2 Å². The summed E-state index contributed by atoms with van der Waals surface area (Å²) in [4.78, 5) is 25.6. The zero-order valence-corrected chi connectivity index (χ0v) is 19.4. The molecule has 4 rings (SSSR count). The highest BCUT2D eigenvalue weighted by molar-refractivity contribution is 6.15. The lowest BCUT2D eigenvalue weighted by atomic mass is 9.87. The van der Waals surface area contributed by atoms with Crippen LogP contribution in [0.15, 0.2) is 66.4 Å². The molecule has 0 saturated carbocycles. The Kier molecular flexibility index (Phi) is 5.81. The predicted molar refractivity (Wildman–Crippen MR) is 127 cm³/mol. The Bertz CT molecular complexity index is 1260. The largest absolute Gasteiger partial charge is 0.496 e. The minimum absolute atomic E-state index is 0.00211. The summed E-state index contributed by atoms with van der Waals surface area (Å²) in [5, 5.41) is 0. The maximum atomic E-state index is 12.9. The number of allylic oxidation sites excluding steroid dienone is 1. The second kappa shape index (κ2) is 8.58. The van der Waals surface area contributed by atoms with E-state index < -0.39 is 5.97 Å². The Morgan fingerprint density at radius 1 is 0.939 bits per heavy atom. The van der Waals surface area contributed by atoms with Gasteiger partial charge in [-0.05, 0) is 54.3 Å². The number of rotatable bonds is 4. The Morgan fingerprint density at radius 3 is 2.30 bits per heavy atom. The molecule has 0 saturated heterocycles. The van der Waals surface area contributed by atoms with Crippen molar-refractivity contribution < 1.29 is 23.8 Å². The van der Waals surface area contributed by atoms with E-state index in [2.05, 4.69) is 20.8 Å². The predicted octanol–water partition coefficient (Wildman–Crippen LogP) is 6.14. The number of para-hydroxylation sites is 1. The van der Waals surface area contributed by atoms with Crippen molar-refractivity contribution >= 4 is 17.8 Å². The molecule has 5 nitrogen and oxygen atoms in total. The molecule has 0 fully saturated rings. The van der Waals surface area contributed by atoms with Gasteiger partial charge in [-0.1, -0.05) is 51.1 Å². The van der Waals surface area contributed by atoms with Crippen LogP contribution in [-0.2, 0) is 5.41 Å². The highest BCUT2D eigenvalue weighted by Gasteiger charge is 2.31. The third-order valence-electron chi connectivity index (χ3n) is 5.65. The maximum Gasteiger partial charge on any atom is 0.343 e. The number of carbonyl (C=O) groups excluding carboxylic acids is 2. The van der Waals surface area contributed by atoms with E-state index in [1.807, 2.05) is 36.4 Å². The minimum atomic E-state index is -0.465. The van der Waals surface area contributed by atoms with Gasteiger partial charge in [-0.3, -0.25) is 4.79 Å². The summed E-state index contributed by atoms with van der Waals surface area (Å²) in [5.41, 5.74) is 3.34. The number of esters is 1. The molecule has 0 bridgehead atoms. The second-order valence-electron chi connectivity index (χ2n) is 8.96. The van der Waals surface area contributed by atoms with Gasteiger partial charge in [0.25, 0.3) is 0 Å². The second-order valence-corrected chi connectivity index (χ2v) is 8.96. The quantitative estimate of drug-likeness (QED) is 0.276. The Hall–Kier alpha value is -3.86. The average molecular weight is 443 g/mol. The van der Waals surface area contributed by atoms with Crippen LogP contribution in [0.1, 0.15) is 58.2 Å². The van der Waals surface area contributed by atoms with Crippen molar-refractivity contribution in [2.24, 2.45) is 0 Å². The van der Waals surface area contributed by atoms with E-state index >= 15 is 0 Å². The first-order valence-corrected chi connectivity index (χ1v) is 10.7. The molecule has 1 aliphatic heterocycles. The van der Waals surface area contributed by atoms with Crippen LogP contribution in [0.25, 0.3) is 6.08 Å². The molecule has 1 aliphatic rings. The molecule has 0 amide bonds. The van der Waals surface area contributed by atoms with Gasteiger partial charge in [-0.25, -0.2) is 4.79 Å². The molecule has 3 aromatic rings. The molecule has 0 aliphatic carbocycles. The van der Waals surface area contributed by atoms with Crippen LogP contribution in [0.2, 0.25) is 0 Å². The van der Waals surface area contributed by atoms with Gasteiger partial charge in [0, 0.05) is 11.1 Å². The number of hydrogen-bond acceptors (Lipinski definition) is 5. The van der Waals surface area contributed by atoms with Gasteiger partial charge in [0.05, 0.1) is 18.2 Å². The maximum absolute atomic E-state index is 12.9. The fourth-order valence-corrected chi connectivity index (χ4v) is 3.67. The fourth-order valence-electron chi connectivity index (χ4n) is 3.67. The third-order valence-corrected chi connectivity index (χ3v) is 5.65. The smallest absolute Gasteiger partial charge is 0.343 e. The van der Waals surface area contributed by atoms with Gasteiger partial charge in [0.15, 0.2) is 5.76 Å². The van der Waals surface area contributed by atoms with E-state index in [4.69, 9.17) is 14.2 Å². The Balaban J connectivity index is 1.58. The van der Waals surface area contributed by atoms with E-state index in [0.29, 0.717) is 33.9 Å². The first kappa shape index (κ1) is 22.3.